The van der Waals surface area contributed by atoms with Crippen molar-refractivity contribution in [3.8, 4) is 0 Å². The molecule has 3 heteroatoms. The van der Waals surface area contributed by atoms with Gasteiger partial charge in [0.25, 0.3) is 0 Å². The fraction of sp³-hybridized carbons (Fsp3) is 0.192. The van der Waals surface area contributed by atoms with Crippen LogP contribution in [0.1, 0.15) is 38.7 Å². The van der Waals surface area contributed by atoms with E-state index in [2.05, 4.69) is 96.4 Å². The van der Waals surface area contributed by atoms with Crippen LogP contribution in [-0.4, -0.2) is 3.71 Å². The summed E-state index contributed by atoms with van der Waals surface area (Å²) in [6.45, 7) is 4.42. The average molecular weight is 506 g/mol. The molecule has 0 N–H and O–H groups in total. The predicted molar refractivity (Wildman–Crippen MR) is 132 cm³/mol. The van der Waals surface area contributed by atoms with Crippen molar-refractivity contribution in [2.45, 2.75) is 33.1 Å². The smallest absolute Gasteiger partial charge is 0.0809 e. The molecule has 0 radical (unpaired) electrons. The van der Waals surface area contributed by atoms with Crippen molar-refractivity contribution in [2.75, 3.05) is 0 Å². The van der Waals surface area contributed by atoms with Crippen molar-refractivity contribution < 1.29 is 24.2 Å². The molecule has 0 heterocycles. The van der Waals surface area contributed by atoms with E-state index in [1.54, 1.807) is 5.57 Å². The number of benzene rings is 2. The van der Waals surface area contributed by atoms with E-state index < -0.39 is 0 Å². The van der Waals surface area contributed by atoms with Crippen molar-refractivity contribution in [1.29, 1.82) is 0 Å². The van der Waals surface area contributed by atoms with Gasteiger partial charge in [0.2, 0.25) is 0 Å². The van der Waals surface area contributed by atoms with Crippen LogP contribution in [0.5, 0.6) is 0 Å². The molecule has 0 atom stereocenters. The Balaban J connectivity index is 0. The van der Waals surface area contributed by atoms with Crippen molar-refractivity contribution in [3.63, 3.8) is 0 Å². The first-order chi connectivity index (χ1) is 12.8. The number of rotatable bonds is 3. The minimum atomic E-state index is 0. The van der Waals surface area contributed by atoms with Crippen LogP contribution in [0.2, 0.25) is 0 Å². The topological polar surface area (TPSA) is 0 Å². The van der Waals surface area contributed by atoms with Gasteiger partial charge in [-0.2, -0.15) is 28.7 Å². The molecule has 29 heavy (non-hydrogen) atoms. The third kappa shape index (κ3) is 10.5. The summed E-state index contributed by atoms with van der Waals surface area (Å²) in [5.74, 6) is 0. The summed E-state index contributed by atoms with van der Waals surface area (Å²) < 4.78 is 2.17. The molecule has 0 spiro atoms. The summed E-state index contributed by atoms with van der Waals surface area (Å²) in [7, 11) is 0. The minimum absolute atomic E-state index is 0. The van der Waals surface area contributed by atoms with Gasteiger partial charge in [-0.05, 0) is 0 Å². The Morgan fingerprint density at radius 3 is 2.10 bits per heavy atom. The molecule has 3 aromatic carbocycles. The molecule has 0 nitrogen and oxygen atoms in total. The second-order valence-corrected chi connectivity index (χ2v) is 6.78. The van der Waals surface area contributed by atoms with Crippen molar-refractivity contribution in [3.05, 3.63) is 109 Å². The van der Waals surface area contributed by atoms with Gasteiger partial charge in [-0.1, -0.05) is 32.8 Å². The average Bonchev–Trinajstić information content (AvgIpc) is 3.38. The summed E-state index contributed by atoms with van der Waals surface area (Å²) >= 11 is 1.46. The van der Waals surface area contributed by atoms with E-state index >= 15 is 0 Å². The van der Waals surface area contributed by atoms with E-state index in [0.717, 1.165) is 6.42 Å². The Kier molecular flexibility index (Phi) is 18.3. The van der Waals surface area contributed by atoms with Crippen LogP contribution >= 0.6 is 24.8 Å². The van der Waals surface area contributed by atoms with Gasteiger partial charge in [-0.15, -0.1) is 60.9 Å². The molecule has 3 aromatic rings. The van der Waals surface area contributed by atoms with E-state index in [4.69, 9.17) is 0 Å². The number of halogens is 2. The van der Waals surface area contributed by atoms with Crippen molar-refractivity contribution in [2.24, 2.45) is 0 Å². The second-order valence-electron chi connectivity index (χ2n) is 6.07. The Hall–Kier alpha value is -1.14. The van der Waals surface area contributed by atoms with E-state index in [9.17, 15) is 0 Å². The Morgan fingerprint density at radius 2 is 1.59 bits per heavy atom. The molecule has 0 fully saturated rings. The summed E-state index contributed by atoms with van der Waals surface area (Å²) in [5, 5.41) is 2.66. The van der Waals surface area contributed by atoms with Crippen LogP contribution in [0.4, 0.5) is 0 Å². The Morgan fingerprint density at radius 1 is 0.931 bits per heavy atom. The molecule has 156 valence electrons. The van der Waals surface area contributed by atoms with Crippen LogP contribution in [0.15, 0.2) is 90.0 Å². The zero-order valence-electron chi connectivity index (χ0n) is 17.5. The van der Waals surface area contributed by atoms with Gasteiger partial charge in [-0.3, -0.25) is 6.08 Å². The summed E-state index contributed by atoms with van der Waals surface area (Å²) in [6.07, 6.45) is 8.82. The third-order valence-electron chi connectivity index (χ3n) is 4.37. The number of hydrogen-bond donors (Lipinski definition) is 0. The molecule has 1 aliphatic carbocycles. The molecule has 0 aromatic heterocycles. The maximum Gasteiger partial charge on any atom is -0.0809 e. The van der Waals surface area contributed by atoms with E-state index in [-0.39, 0.29) is 32.2 Å². The van der Waals surface area contributed by atoms with Crippen molar-refractivity contribution in [1.82, 2.24) is 0 Å². The molecule has 0 saturated carbocycles. The summed E-state index contributed by atoms with van der Waals surface area (Å²) in [5.41, 5.74) is 4.42. The Bertz CT molecular complexity index is 830. The van der Waals surface area contributed by atoms with Gasteiger partial charge in [0, 0.05) is 0 Å². The van der Waals surface area contributed by atoms with Gasteiger partial charge in [0.1, 0.15) is 0 Å². The first-order valence-corrected chi connectivity index (χ1v) is 10.6. The summed E-state index contributed by atoms with van der Waals surface area (Å²) in [6, 6.07) is 25.0. The first-order valence-electron chi connectivity index (χ1n) is 9.22. The standard InChI is InChI=1S/C9H7.C9H13.C7H6.CH3.2ClH.Zr/c1-2-5-9-7-3-6-8(9)4-1;1-3-8-6-5-7-9(8)4-2;1-7-5-3-2-4-6-7;;;;/h1-7H;6H,3-4,7H2,1-2H3;1-6H;1H3;2*1H;/q2*-1;;-1;;;. The maximum absolute atomic E-state index is 3.23. The van der Waals surface area contributed by atoms with E-state index in [0.29, 0.717) is 0 Å². The fourth-order valence-corrected chi connectivity index (χ4v) is 3.31. The third-order valence-corrected chi connectivity index (χ3v) is 5.19. The Labute approximate surface area is 204 Å². The zero-order valence-corrected chi connectivity index (χ0v) is 21.6. The quantitative estimate of drug-likeness (QED) is 0.316. The van der Waals surface area contributed by atoms with Crippen LogP contribution in [0.3, 0.4) is 0 Å². The fourth-order valence-electron chi connectivity index (χ4n) is 2.84. The molecule has 4 rings (SSSR count). The summed E-state index contributed by atoms with van der Waals surface area (Å²) in [4.78, 5) is 0. The van der Waals surface area contributed by atoms with E-state index in [1.165, 1.54) is 59.0 Å². The molecule has 0 bridgehead atoms. The molecular formula is C26H31Cl2Zr-3. The predicted octanol–water partition coefficient (Wildman–Crippen LogP) is 8.10. The van der Waals surface area contributed by atoms with Crippen LogP contribution in [0, 0.1) is 13.5 Å². The van der Waals surface area contributed by atoms with E-state index in [1.807, 2.05) is 6.07 Å². The normalized spacial score (nSPS) is 10.9. The number of allylic oxidation sites excluding steroid dienone is 4. The SMILES string of the molecule is CCC1=C(CC)C[C-]=C1.Cl.Cl.[CH3-].[Zr]=[CH]c1ccccc1.c1ccc2[cH-]ccc2c1. The first kappa shape index (κ1) is 30.1. The molecule has 1 aliphatic rings. The van der Waals surface area contributed by atoms with Gasteiger partial charge in [0.05, 0.1) is 0 Å². The maximum atomic E-state index is 3.23. The van der Waals surface area contributed by atoms with Gasteiger partial charge in [0.15, 0.2) is 0 Å². The van der Waals surface area contributed by atoms with Crippen LogP contribution in [-0.2, 0) is 24.2 Å². The van der Waals surface area contributed by atoms with Crippen LogP contribution < -0.4 is 0 Å². The van der Waals surface area contributed by atoms with Crippen molar-refractivity contribution >= 4 is 39.3 Å². The molecular weight excluding hydrogens is 474 g/mol. The monoisotopic (exact) mass is 503 g/mol. The number of fused-ring (bicyclic) bond motifs is 1. The number of hydrogen-bond acceptors (Lipinski definition) is 0. The van der Waals surface area contributed by atoms with Crippen LogP contribution in [0.25, 0.3) is 10.8 Å². The zero-order chi connectivity index (χ0) is 18.6. The largest absolute Gasteiger partial charge is 0.168 e. The van der Waals surface area contributed by atoms with Gasteiger partial charge in [-0.25, -0.2) is 6.08 Å². The second kappa shape index (κ2) is 17.7. The minimum Gasteiger partial charge on any atom is -0.168 e. The van der Waals surface area contributed by atoms with Gasteiger partial charge >= 0.3 is 63.8 Å². The molecule has 0 unspecified atom stereocenters. The van der Waals surface area contributed by atoms with Gasteiger partial charge < -0.3 is 7.43 Å². The molecule has 0 amide bonds. The molecule has 0 saturated heterocycles. The molecule has 0 aliphatic heterocycles.